The Labute approximate surface area is 84.5 Å². The van der Waals surface area contributed by atoms with E-state index in [1.807, 2.05) is 18.2 Å². The molecule has 1 fully saturated rings. The Kier molecular flexibility index (Phi) is 2.81. The van der Waals surface area contributed by atoms with Crippen LogP contribution in [0.2, 0.25) is 0 Å². The van der Waals surface area contributed by atoms with Gasteiger partial charge in [-0.25, -0.2) is 0 Å². The Bertz CT molecular complexity index is 297. The molecule has 1 aliphatic heterocycles. The maximum atomic E-state index is 11.0. The lowest BCUT2D eigenvalue weighted by atomic mass is 10.1. The number of nitrogens with zero attached hydrogens (tertiary/aromatic N) is 1. The largest absolute Gasteiger partial charge is 0.300 e. The van der Waals surface area contributed by atoms with Crippen molar-refractivity contribution in [1.82, 2.24) is 4.90 Å². The Morgan fingerprint density at radius 3 is 2.79 bits per heavy atom. The Hall–Kier alpha value is -1.33. The molecule has 72 valence electrons. The topological polar surface area (TPSA) is 20.3 Å². The molecule has 0 aliphatic carbocycles. The highest BCUT2D eigenvalue weighted by Gasteiger charge is 2.15. The van der Waals surface area contributed by atoms with Gasteiger partial charge in [0.05, 0.1) is 0 Å². The van der Waals surface area contributed by atoms with Gasteiger partial charge in [-0.2, -0.15) is 0 Å². The van der Waals surface area contributed by atoms with Crippen LogP contribution in [0.5, 0.6) is 0 Å². The van der Waals surface area contributed by atoms with E-state index in [0.29, 0.717) is 18.6 Å². The minimum Gasteiger partial charge on any atom is -0.300 e. The third-order valence-electron chi connectivity index (χ3n) is 2.52. The van der Waals surface area contributed by atoms with Crippen molar-refractivity contribution in [2.75, 3.05) is 13.1 Å². The molecule has 0 radical (unpaired) electrons. The average Bonchev–Trinajstić information content (AvgIpc) is 2.23. The number of Topliss-reactive ketones (excluding diaryl/α,β-unsaturated/α-hetero) is 1. The van der Waals surface area contributed by atoms with Gasteiger partial charge in [-0.15, -0.1) is 0 Å². The third kappa shape index (κ3) is 2.34. The summed E-state index contributed by atoms with van der Waals surface area (Å²) in [5.41, 5.74) is 1.15. The van der Waals surface area contributed by atoms with Crippen LogP contribution in [0.3, 0.4) is 0 Å². The fourth-order valence-corrected chi connectivity index (χ4v) is 1.68. The minimum atomic E-state index is 0.393. The molecule has 0 unspecified atom stereocenters. The number of piperidine rings is 1. The van der Waals surface area contributed by atoms with Gasteiger partial charge < -0.3 is 0 Å². The van der Waals surface area contributed by atoms with E-state index in [-0.39, 0.29) is 0 Å². The zero-order valence-corrected chi connectivity index (χ0v) is 8.12. The van der Waals surface area contributed by atoms with Crippen LogP contribution in [0.4, 0.5) is 0 Å². The highest BCUT2D eigenvalue weighted by Crippen LogP contribution is 2.09. The molecule has 0 N–H and O–H groups in total. The first-order valence-corrected chi connectivity index (χ1v) is 4.96. The monoisotopic (exact) mass is 187 g/mol. The van der Waals surface area contributed by atoms with Crippen LogP contribution in [0.25, 0.3) is 0 Å². The molecule has 0 saturated carbocycles. The van der Waals surface area contributed by atoms with E-state index in [1.54, 1.807) is 0 Å². The van der Waals surface area contributed by atoms with E-state index in [9.17, 15) is 4.79 Å². The molecule has 0 aromatic heterocycles. The Balaban J connectivity index is 1.89. The molecule has 0 atom stereocenters. The molecule has 2 nitrogen and oxygen atoms in total. The fraction of sp³-hybridized carbons (Fsp3) is 0.417. The number of ketones is 1. The number of rotatable bonds is 2. The smallest absolute Gasteiger partial charge is 0.135 e. The lowest BCUT2D eigenvalue weighted by Crippen LogP contribution is -2.33. The van der Waals surface area contributed by atoms with Gasteiger partial charge in [0.15, 0.2) is 0 Å². The van der Waals surface area contributed by atoms with Crippen LogP contribution in [0.1, 0.15) is 18.4 Å². The second kappa shape index (κ2) is 4.26. The van der Waals surface area contributed by atoms with E-state index in [0.717, 1.165) is 25.2 Å². The SMILES string of the molecule is O=C1CCN(Cc2c#cccc2)CC1. The molecule has 0 bridgehead atoms. The Morgan fingerprint density at radius 2 is 2.14 bits per heavy atom. The van der Waals surface area contributed by atoms with Gasteiger partial charge in [0, 0.05) is 38.0 Å². The first-order chi connectivity index (χ1) is 6.84. The van der Waals surface area contributed by atoms with Gasteiger partial charge >= 0.3 is 0 Å². The maximum absolute atomic E-state index is 11.0. The molecule has 1 heterocycles. The van der Waals surface area contributed by atoms with Crippen LogP contribution in [-0.4, -0.2) is 23.8 Å². The van der Waals surface area contributed by atoms with Crippen molar-refractivity contribution in [2.45, 2.75) is 19.4 Å². The summed E-state index contributed by atoms with van der Waals surface area (Å²) in [6.07, 6.45) is 1.41. The summed E-state index contributed by atoms with van der Waals surface area (Å²) in [6.45, 7) is 2.67. The Morgan fingerprint density at radius 1 is 1.36 bits per heavy atom. The number of hydrogen-bond donors (Lipinski definition) is 0. The predicted octanol–water partition coefficient (Wildman–Crippen LogP) is 1.45. The third-order valence-corrected chi connectivity index (χ3v) is 2.52. The van der Waals surface area contributed by atoms with Crippen molar-refractivity contribution in [3.63, 3.8) is 0 Å². The van der Waals surface area contributed by atoms with Gasteiger partial charge in [-0.05, 0) is 12.1 Å². The van der Waals surface area contributed by atoms with Crippen LogP contribution < -0.4 is 0 Å². The van der Waals surface area contributed by atoms with Crippen molar-refractivity contribution < 1.29 is 4.79 Å². The first-order valence-electron chi connectivity index (χ1n) is 4.96. The van der Waals surface area contributed by atoms with E-state index < -0.39 is 0 Å². The highest BCUT2D eigenvalue weighted by molar-refractivity contribution is 5.79. The van der Waals surface area contributed by atoms with Crippen LogP contribution in [0.15, 0.2) is 18.2 Å². The average molecular weight is 187 g/mol. The molecular weight excluding hydrogens is 174 g/mol. The lowest BCUT2D eigenvalue weighted by Gasteiger charge is -2.25. The normalized spacial score (nSPS) is 17.9. The van der Waals surface area contributed by atoms with E-state index in [1.165, 1.54) is 0 Å². The summed E-state index contributed by atoms with van der Waals surface area (Å²) >= 11 is 0. The second-order valence-electron chi connectivity index (χ2n) is 3.64. The second-order valence-corrected chi connectivity index (χ2v) is 3.64. The standard InChI is InChI=1S/C12H13NO/c14-12-6-8-13(9-7-12)10-11-4-2-1-3-5-11/h1-2,4H,6-10H2. The zero-order chi connectivity index (χ0) is 9.80. The summed E-state index contributed by atoms with van der Waals surface area (Å²) in [4.78, 5) is 13.3. The fourth-order valence-electron chi connectivity index (χ4n) is 1.68. The summed E-state index contributed by atoms with van der Waals surface area (Å²) < 4.78 is 0. The molecule has 14 heavy (non-hydrogen) atoms. The molecule has 1 aromatic carbocycles. The van der Waals surface area contributed by atoms with Crippen molar-refractivity contribution in [3.8, 4) is 0 Å². The predicted molar refractivity (Wildman–Crippen MR) is 53.6 cm³/mol. The molecule has 1 aromatic rings. The molecule has 2 rings (SSSR count). The lowest BCUT2D eigenvalue weighted by molar-refractivity contribution is -0.121. The zero-order valence-electron chi connectivity index (χ0n) is 8.12. The minimum absolute atomic E-state index is 0.393. The highest BCUT2D eigenvalue weighted by atomic mass is 16.1. The van der Waals surface area contributed by atoms with E-state index >= 15 is 0 Å². The van der Waals surface area contributed by atoms with Gasteiger partial charge in [-0.1, -0.05) is 18.2 Å². The maximum Gasteiger partial charge on any atom is 0.135 e. The van der Waals surface area contributed by atoms with Gasteiger partial charge in [-0.3, -0.25) is 9.69 Å². The molecule has 1 aliphatic rings. The van der Waals surface area contributed by atoms with Crippen LogP contribution >= 0.6 is 0 Å². The van der Waals surface area contributed by atoms with Gasteiger partial charge in [0.2, 0.25) is 0 Å². The number of likely N-dealkylation sites (tertiary alicyclic amines) is 1. The molecule has 0 amide bonds. The summed E-state index contributed by atoms with van der Waals surface area (Å²) in [7, 11) is 0. The van der Waals surface area contributed by atoms with E-state index in [2.05, 4.69) is 17.0 Å². The number of hydrogen-bond acceptors (Lipinski definition) is 2. The molecule has 0 spiro atoms. The van der Waals surface area contributed by atoms with Gasteiger partial charge in [0.1, 0.15) is 5.78 Å². The summed E-state index contributed by atoms with van der Waals surface area (Å²) in [5.74, 6) is 0.393. The number of carbonyl (C=O) groups excluding carboxylic acids is 1. The molecular formula is C12H13NO. The summed E-state index contributed by atoms with van der Waals surface area (Å²) in [5, 5.41) is 0. The van der Waals surface area contributed by atoms with Crippen molar-refractivity contribution in [1.29, 1.82) is 0 Å². The van der Waals surface area contributed by atoms with Crippen LogP contribution in [0, 0.1) is 12.1 Å². The molecule has 2 heteroatoms. The van der Waals surface area contributed by atoms with Crippen molar-refractivity contribution >= 4 is 5.78 Å². The van der Waals surface area contributed by atoms with Gasteiger partial charge in [0.25, 0.3) is 0 Å². The molecule has 1 saturated heterocycles. The quantitative estimate of drug-likeness (QED) is 0.698. The summed E-state index contributed by atoms with van der Waals surface area (Å²) in [6, 6.07) is 11.9. The van der Waals surface area contributed by atoms with Crippen molar-refractivity contribution in [2.24, 2.45) is 0 Å². The first kappa shape index (κ1) is 9.23. The van der Waals surface area contributed by atoms with Crippen molar-refractivity contribution in [3.05, 3.63) is 35.9 Å². The van der Waals surface area contributed by atoms with E-state index in [4.69, 9.17) is 0 Å². The number of carbonyl (C=O) groups is 1. The van der Waals surface area contributed by atoms with Crippen LogP contribution in [-0.2, 0) is 11.3 Å².